The summed E-state index contributed by atoms with van der Waals surface area (Å²) in [7, 11) is 0. The summed E-state index contributed by atoms with van der Waals surface area (Å²) in [5, 5.41) is 4.27. The smallest absolute Gasteiger partial charge is 0.253 e. The van der Waals surface area contributed by atoms with E-state index in [1.807, 2.05) is 35.4 Å². The summed E-state index contributed by atoms with van der Waals surface area (Å²) < 4.78 is 2.71. The number of hydrogen-bond donors (Lipinski definition) is 0. The Balaban J connectivity index is 1.35. The molecule has 1 aliphatic heterocycles. The lowest BCUT2D eigenvalue weighted by atomic mass is 10.1. The maximum absolute atomic E-state index is 12.8. The molecule has 2 heterocycles. The van der Waals surface area contributed by atoms with Crippen LogP contribution in [0.2, 0.25) is 0 Å². The van der Waals surface area contributed by atoms with Gasteiger partial charge >= 0.3 is 0 Å². The van der Waals surface area contributed by atoms with Crippen LogP contribution in [0.5, 0.6) is 0 Å². The van der Waals surface area contributed by atoms with E-state index in [1.165, 1.54) is 11.1 Å². The van der Waals surface area contributed by atoms with Crippen LogP contribution in [-0.2, 0) is 6.54 Å². The molecule has 0 radical (unpaired) electrons. The number of aromatic nitrogens is 2. The van der Waals surface area contributed by atoms with E-state index >= 15 is 0 Å². The molecule has 2 aromatic carbocycles. The molecule has 1 aromatic heterocycles. The molecule has 6 heteroatoms. The SMILES string of the molecule is Cc1ccccc1CN1CCN(C(=O)c2ccc(-n3cc(Br)cn3)cc2)CC1. The first-order valence-electron chi connectivity index (χ1n) is 9.47. The third-order valence-corrected chi connectivity index (χ3v) is 5.65. The van der Waals surface area contributed by atoms with Crippen molar-refractivity contribution < 1.29 is 4.79 Å². The van der Waals surface area contributed by atoms with Gasteiger partial charge in [0.1, 0.15) is 0 Å². The zero-order chi connectivity index (χ0) is 19.5. The second kappa shape index (κ2) is 8.29. The van der Waals surface area contributed by atoms with Gasteiger partial charge in [-0.25, -0.2) is 4.68 Å². The van der Waals surface area contributed by atoms with Gasteiger partial charge in [-0.2, -0.15) is 5.10 Å². The van der Waals surface area contributed by atoms with E-state index in [0.717, 1.165) is 48.4 Å². The summed E-state index contributed by atoms with van der Waals surface area (Å²) in [6, 6.07) is 16.1. The molecule has 0 spiro atoms. The predicted molar refractivity (Wildman–Crippen MR) is 114 cm³/mol. The number of hydrogen-bond acceptors (Lipinski definition) is 3. The molecule has 0 aliphatic carbocycles. The summed E-state index contributed by atoms with van der Waals surface area (Å²) in [6.45, 7) is 6.43. The van der Waals surface area contributed by atoms with Crippen LogP contribution < -0.4 is 0 Å². The zero-order valence-corrected chi connectivity index (χ0v) is 17.5. The number of nitrogens with zero attached hydrogens (tertiary/aromatic N) is 4. The molecule has 0 saturated carbocycles. The zero-order valence-electron chi connectivity index (χ0n) is 15.9. The third-order valence-electron chi connectivity index (χ3n) is 5.24. The molecule has 3 aromatic rings. The summed E-state index contributed by atoms with van der Waals surface area (Å²) in [5.74, 6) is 0.101. The fourth-order valence-electron chi connectivity index (χ4n) is 3.52. The molecular weight excluding hydrogens is 416 g/mol. The molecule has 144 valence electrons. The Hall–Kier alpha value is -2.44. The maximum atomic E-state index is 12.8. The van der Waals surface area contributed by atoms with Crippen molar-refractivity contribution in [3.05, 3.63) is 82.1 Å². The van der Waals surface area contributed by atoms with Gasteiger partial charge in [0.25, 0.3) is 5.91 Å². The standard InChI is InChI=1S/C22H23BrN4O/c1-17-4-2-3-5-19(17)15-25-10-12-26(13-11-25)22(28)18-6-8-21(9-7-18)27-16-20(23)14-24-27/h2-9,14,16H,10-13,15H2,1H3. The van der Waals surface area contributed by atoms with Gasteiger partial charge in [0.15, 0.2) is 0 Å². The van der Waals surface area contributed by atoms with Crippen LogP contribution in [0.1, 0.15) is 21.5 Å². The topological polar surface area (TPSA) is 41.4 Å². The molecule has 1 fully saturated rings. The Morgan fingerprint density at radius 2 is 1.75 bits per heavy atom. The van der Waals surface area contributed by atoms with E-state index in [4.69, 9.17) is 0 Å². The second-order valence-corrected chi connectivity index (χ2v) is 8.06. The average Bonchev–Trinajstić information content (AvgIpc) is 3.16. The lowest BCUT2D eigenvalue weighted by Gasteiger charge is -2.35. The quantitative estimate of drug-likeness (QED) is 0.619. The Morgan fingerprint density at radius 3 is 2.39 bits per heavy atom. The number of rotatable bonds is 4. The Kier molecular flexibility index (Phi) is 5.59. The molecule has 0 bridgehead atoms. The molecule has 5 nitrogen and oxygen atoms in total. The normalized spacial score (nSPS) is 15.0. The highest BCUT2D eigenvalue weighted by molar-refractivity contribution is 9.10. The van der Waals surface area contributed by atoms with Crippen LogP contribution in [0.15, 0.2) is 65.4 Å². The van der Waals surface area contributed by atoms with E-state index in [9.17, 15) is 4.79 Å². The number of carbonyl (C=O) groups excluding carboxylic acids is 1. The number of piperazine rings is 1. The fraction of sp³-hybridized carbons (Fsp3) is 0.273. The molecule has 0 atom stereocenters. The maximum Gasteiger partial charge on any atom is 0.253 e. The van der Waals surface area contributed by atoms with Crippen molar-refractivity contribution in [3.63, 3.8) is 0 Å². The number of halogens is 1. The number of aryl methyl sites for hydroxylation is 1. The lowest BCUT2D eigenvalue weighted by Crippen LogP contribution is -2.48. The lowest BCUT2D eigenvalue weighted by molar-refractivity contribution is 0.0628. The molecule has 0 unspecified atom stereocenters. The van der Waals surface area contributed by atoms with Gasteiger partial charge in [-0.1, -0.05) is 24.3 Å². The monoisotopic (exact) mass is 438 g/mol. The Labute approximate surface area is 173 Å². The average molecular weight is 439 g/mol. The van der Waals surface area contributed by atoms with Crippen molar-refractivity contribution in [3.8, 4) is 5.69 Å². The van der Waals surface area contributed by atoms with E-state index in [0.29, 0.717) is 0 Å². The summed E-state index contributed by atoms with van der Waals surface area (Å²) >= 11 is 3.40. The van der Waals surface area contributed by atoms with Crippen LogP contribution in [0.3, 0.4) is 0 Å². The third kappa shape index (κ3) is 4.18. The van der Waals surface area contributed by atoms with Crippen molar-refractivity contribution in [2.45, 2.75) is 13.5 Å². The first kappa shape index (κ1) is 18.9. The summed E-state index contributed by atoms with van der Waals surface area (Å²) in [6.07, 6.45) is 3.64. The molecule has 4 rings (SSSR count). The summed E-state index contributed by atoms with van der Waals surface area (Å²) in [5.41, 5.74) is 4.35. The Morgan fingerprint density at radius 1 is 1.04 bits per heavy atom. The van der Waals surface area contributed by atoms with Crippen molar-refractivity contribution in [1.82, 2.24) is 19.6 Å². The first-order chi connectivity index (χ1) is 13.6. The van der Waals surface area contributed by atoms with Gasteiger partial charge in [0, 0.05) is 44.5 Å². The predicted octanol–water partition coefficient (Wildman–Crippen LogP) is 3.90. The van der Waals surface area contributed by atoms with Crippen LogP contribution in [0, 0.1) is 6.92 Å². The van der Waals surface area contributed by atoms with Crippen molar-refractivity contribution in [2.75, 3.05) is 26.2 Å². The van der Waals surface area contributed by atoms with Gasteiger partial charge in [-0.05, 0) is 58.2 Å². The number of amides is 1. The minimum absolute atomic E-state index is 0.101. The molecular formula is C22H23BrN4O. The van der Waals surface area contributed by atoms with Crippen molar-refractivity contribution in [2.24, 2.45) is 0 Å². The minimum Gasteiger partial charge on any atom is -0.336 e. The van der Waals surface area contributed by atoms with E-state index in [2.05, 4.69) is 57.1 Å². The highest BCUT2D eigenvalue weighted by Crippen LogP contribution is 2.16. The molecule has 1 aliphatic rings. The fourth-order valence-corrected chi connectivity index (χ4v) is 3.80. The van der Waals surface area contributed by atoms with Gasteiger partial charge in [-0.15, -0.1) is 0 Å². The molecule has 1 amide bonds. The number of carbonyl (C=O) groups is 1. The highest BCUT2D eigenvalue weighted by atomic mass is 79.9. The molecule has 1 saturated heterocycles. The van der Waals surface area contributed by atoms with Gasteiger partial charge in [-0.3, -0.25) is 9.69 Å². The van der Waals surface area contributed by atoms with Crippen molar-refractivity contribution in [1.29, 1.82) is 0 Å². The van der Waals surface area contributed by atoms with Gasteiger partial charge < -0.3 is 4.90 Å². The summed E-state index contributed by atoms with van der Waals surface area (Å²) in [4.78, 5) is 17.2. The molecule has 28 heavy (non-hydrogen) atoms. The van der Waals surface area contributed by atoms with Crippen LogP contribution in [-0.4, -0.2) is 51.7 Å². The van der Waals surface area contributed by atoms with E-state index in [-0.39, 0.29) is 5.91 Å². The van der Waals surface area contributed by atoms with E-state index in [1.54, 1.807) is 10.9 Å². The van der Waals surface area contributed by atoms with Crippen LogP contribution >= 0.6 is 15.9 Å². The van der Waals surface area contributed by atoms with Gasteiger partial charge in [0.2, 0.25) is 0 Å². The number of benzene rings is 2. The second-order valence-electron chi connectivity index (χ2n) is 7.14. The first-order valence-corrected chi connectivity index (χ1v) is 10.3. The van der Waals surface area contributed by atoms with Crippen LogP contribution in [0.25, 0.3) is 5.69 Å². The van der Waals surface area contributed by atoms with Crippen LogP contribution in [0.4, 0.5) is 0 Å². The minimum atomic E-state index is 0.101. The van der Waals surface area contributed by atoms with Gasteiger partial charge in [0.05, 0.1) is 16.4 Å². The Bertz CT molecular complexity index is 959. The highest BCUT2D eigenvalue weighted by Gasteiger charge is 2.22. The van der Waals surface area contributed by atoms with Crippen molar-refractivity contribution >= 4 is 21.8 Å². The largest absolute Gasteiger partial charge is 0.336 e. The molecule has 0 N–H and O–H groups in total. The van der Waals surface area contributed by atoms with E-state index < -0.39 is 0 Å².